The van der Waals surface area contributed by atoms with Crippen LogP contribution in [0.3, 0.4) is 0 Å². The second-order valence-corrected chi connectivity index (χ2v) is 11.6. The highest BCUT2D eigenvalue weighted by Crippen LogP contribution is 2.47. The molecule has 1 aliphatic heterocycles. The zero-order valence-electron chi connectivity index (χ0n) is 22.5. The second kappa shape index (κ2) is 12.1. The third kappa shape index (κ3) is 6.18. The first-order valence-electron chi connectivity index (χ1n) is 13.4. The zero-order valence-corrected chi connectivity index (χ0v) is 24.7. The number of rotatable bonds is 9. The van der Waals surface area contributed by atoms with E-state index in [1.165, 1.54) is 6.07 Å². The number of nitrogens with zero attached hydrogens (tertiary/aromatic N) is 2. The number of aliphatic carboxylic acids is 1. The van der Waals surface area contributed by atoms with Crippen molar-refractivity contribution in [3.8, 4) is 0 Å². The van der Waals surface area contributed by atoms with Gasteiger partial charge in [-0.25, -0.2) is 4.39 Å². The van der Waals surface area contributed by atoms with E-state index in [-0.39, 0.29) is 42.1 Å². The normalized spacial score (nSPS) is 21.8. The fourth-order valence-electron chi connectivity index (χ4n) is 5.73. The molecule has 1 spiro atoms. The van der Waals surface area contributed by atoms with Crippen molar-refractivity contribution >= 4 is 46.1 Å². The summed E-state index contributed by atoms with van der Waals surface area (Å²) in [6.45, 7) is 6.44. The van der Waals surface area contributed by atoms with E-state index >= 15 is 4.39 Å². The lowest BCUT2D eigenvalue weighted by molar-refractivity contribution is -0.137. The van der Waals surface area contributed by atoms with Crippen molar-refractivity contribution < 1.29 is 23.9 Å². The molecule has 2 aromatic rings. The molecule has 0 unspecified atom stereocenters. The first-order valence-corrected chi connectivity index (χ1v) is 15.0. The molecule has 7 nitrogen and oxygen atoms in total. The fraction of sp³-hybridized carbons (Fsp3) is 0.467. The van der Waals surface area contributed by atoms with Crippen molar-refractivity contribution in [3.63, 3.8) is 0 Å². The fourth-order valence-corrected chi connectivity index (χ4v) is 6.21. The van der Waals surface area contributed by atoms with Crippen LogP contribution in [0.4, 0.5) is 4.39 Å². The number of carbonyl (C=O) groups excluding carboxylic acids is 2. The number of carbonyl (C=O) groups is 3. The van der Waals surface area contributed by atoms with Crippen molar-refractivity contribution in [2.24, 2.45) is 16.8 Å². The predicted molar refractivity (Wildman–Crippen MR) is 156 cm³/mol. The van der Waals surface area contributed by atoms with Gasteiger partial charge < -0.3 is 15.3 Å². The maximum absolute atomic E-state index is 15.0. The molecule has 0 aromatic heterocycles. The molecule has 9 heteroatoms. The summed E-state index contributed by atoms with van der Waals surface area (Å²) in [5, 5.41) is 11.4. The van der Waals surface area contributed by atoms with Crippen molar-refractivity contribution in [1.82, 2.24) is 10.2 Å². The molecule has 1 fully saturated rings. The average Bonchev–Trinajstić information content (AvgIpc) is 3.19. The molecule has 2 N–H and O–H groups in total. The highest BCUT2D eigenvalue weighted by molar-refractivity contribution is 14.1. The number of carboxylic acid groups (broad SMARTS) is 1. The number of benzene rings is 2. The highest BCUT2D eigenvalue weighted by Gasteiger charge is 2.51. The molecule has 0 bridgehead atoms. The summed E-state index contributed by atoms with van der Waals surface area (Å²) in [6.07, 6.45) is 3.16. The molecule has 0 saturated heterocycles. The van der Waals surface area contributed by atoms with Gasteiger partial charge in [0.05, 0.1) is 12.5 Å². The van der Waals surface area contributed by atoms with Crippen molar-refractivity contribution in [2.45, 2.75) is 69.0 Å². The first kappa shape index (κ1) is 29.2. The summed E-state index contributed by atoms with van der Waals surface area (Å²) in [6, 6.07) is 11.5. The summed E-state index contributed by atoms with van der Waals surface area (Å²) >= 11 is 2.22. The summed E-state index contributed by atoms with van der Waals surface area (Å²) < 4.78 is 15.7. The third-order valence-electron chi connectivity index (χ3n) is 8.07. The van der Waals surface area contributed by atoms with E-state index in [1.54, 1.807) is 24.3 Å². The Kier molecular flexibility index (Phi) is 9.08. The molecular weight excluding hydrogens is 612 g/mol. The van der Waals surface area contributed by atoms with Crippen molar-refractivity contribution in [2.75, 3.05) is 6.54 Å². The van der Waals surface area contributed by atoms with E-state index in [9.17, 15) is 14.4 Å². The van der Waals surface area contributed by atoms with Gasteiger partial charge in [0.1, 0.15) is 17.2 Å². The minimum absolute atomic E-state index is 0.0456. The molecule has 2 amide bonds. The Morgan fingerprint density at radius 1 is 1.15 bits per heavy atom. The molecular formula is C30H35FIN3O4. The minimum Gasteiger partial charge on any atom is -0.481 e. The van der Waals surface area contributed by atoms with E-state index in [4.69, 9.17) is 10.1 Å². The number of hydrogen-bond acceptors (Lipinski definition) is 4. The van der Waals surface area contributed by atoms with Crippen LogP contribution in [0.1, 0.15) is 86.0 Å². The summed E-state index contributed by atoms with van der Waals surface area (Å²) in [5.74, 6) is -0.957. The van der Waals surface area contributed by atoms with Gasteiger partial charge in [0, 0.05) is 22.1 Å². The van der Waals surface area contributed by atoms with Crippen molar-refractivity contribution in [1.29, 1.82) is 0 Å². The highest BCUT2D eigenvalue weighted by atomic mass is 127. The monoisotopic (exact) mass is 647 g/mol. The smallest absolute Gasteiger partial charge is 0.305 e. The SMILES string of the molecule is CC(C)C1CCC2(CC1)N=C(c1cc(CI)ccc1F)C(=O)N2[C@H](C)c1ccc(C(=O)NCCC(=O)O)cc1. The van der Waals surface area contributed by atoms with Crippen LogP contribution in [-0.4, -0.2) is 45.7 Å². The molecule has 1 aliphatic carbocycles. The standard InChI is InChI=1S/C30H35FIN3O4/c1-18(2)21-10-13-30(14-11-21)34-27(24-16-20(17-32)4-9-25(24)31)29(39)35(30)19(3)22-5-7-23(8-6-22)28(38)33-15-12-26(36)37/h4-9,16,18-19,21H,10-15,17H2,1-3H3,(H,33,38)(H,36,37)/t19-,21?,30?/m1/s1. The largest absolute Gasteiger partial charge is 0.481 e. The van der Waals surface area contributed by atoms with E-state index < -0.39 is 17.4 Å². The van der Waals surface area contributed by atoms with Gasteiger partial charge in [-0.05, 0) is 79.8 Å². The van der Waals surface area contributed by atoms with Crippen molar-refractivity contribution in [3.05, 3.63) is 70.5 Å². The Morgan fingerprint density at radius 2 is 1.82 bits per heavy atom. The van der Waals surface area contributed by atoms with Crippen LogP contribution in [-0.2, 0) is 14.0 Å². The van der Waals surface area contributed by atoms with Gasteiger partial charge in [0.15, 0.2) is 0 Å². The van der Waals surface area contributed by atoms with Gasteiger partial charge in [0.25, 0.3) is 11.8 Å². The second-order valence-electron chi connectivity index (χ2n) is 10.8. The van der Waals surface area contributed by atoms with Crippen LogP contribution < -0.4 is 5.32 Å². The average molecular weight is 648 g/mol. The lowest BCUT2D eigenvalue weighted by atomic mass is 9.76. The lowest BCUT2D eigenvalue weighted by Gasteiger charge is -2.45. The Bertz CT molecular complexity index is 1270. The van der Waals surface area contributed by atoms with Gasteiger partial charge in [-0.15, -0.1) is 0 Å². The molecule has 208 valence electrons. The quantitative estimate of drug-likeness (QED) is 0.262. The zero-order chi connectivity index (χ0) is 28.3. The number of aliphatic imine (C=N–C) groups is 1. The van der Waals surface area contributed by atoms with Crippen LogP contribution in [0, 0.1) is 17.7 Å². The number of nitrogens with one attached hydrogen (secondary N) is 1. The molecule has 2 aliphatic rings. The Hall–Kier alpha value is -2.82. The molecule has 1 heterocycles. The van der Waals surface area contributed by atoms with Crippen LogP contribution >= 0.6 is 22.6 Å². The molecule has 1 atom stereocenters. The number of carboxylic acids is 1. The van der Waals surface area contributed by atoms with Crippen LogP contribution in [0.5, 0.6) is 0 Å². The number of amides is 2. The van der Waals surface area contributed by atoms with E-state index in [2.05, 4.69) is 41.8 Å². The number of hydrogen-bond donors (Lipinski definition) is 2. The van der Waals surface area contributed by atoms with Crippen LogP contribution in [0.15, 0.2) is 47.5 Å². The third-order valence-corrected chi connectivity index (χ3v) is 8.95. The molecule has 0 radical (unpaired) electrons. The maximum atomic E-state index is 15.0. The molecule has 1 saturated carbocycles. The van der Waals surface area contributed by atoms with E-state index in [0.717, 1.165) is 24.0 Å². The summed E-state index contributed by atoms with van der Waals surface area (Å²) in [5.41, 5.74) is 1.88. The minimum atomic E-state index is -0.978. The summed E-state index contributed by atoms with van der Waals surface area (Å²) in [4.78, 5) is 44.0. The van der Waals surface area contributed by atoms with E-state index in [0.29, 0.717) is 34.7 Å². The predicted octanol–water partition coefficient (Wildman–Crippen LogP) is 5.90. The Morgan fingerprint density at radius 3 is 2.41 bits per heavy atom. The first-order chi connectivity index (χ1) is 18.6. The van der Waals surface area contributed by atoms with Gasteiger partial charge in [-0.3, -0.25) is 19.4 Å². The molecule has 2 aromatic carbocycles. The van der Waals surface area contributed by atoms with E-state index in [1.807, 2.05) is 24.0 Å². The van der Waals surface area contributed by atoms with Crippen LogP contribution in [0.2, 0.25) is 0 Å². The Balaban J connectivity index is 1.64. The summed E-state index contributed by atoms with van der Waals surface area (Å²) in [7, 11) is 0. The van der Waals surface area contributed by atoms with Gasteiger partial charge in [-0.2, -0.15) is 0 Å². The van der Waals surface area contributed by atoms with Gasteiger partial charge >= 0.3 is 5.97 Å². The lowest BCUT2D eigenvalue weighted by Crippen LogP contribution is -2.50. The number of alkyl halides is 1. The van der Waals surface area contributed by atoms with Gasteiger partial charge in [-0.1, -0.05) is 54.6 Å². The molecule has 4 rings (SSSR count). The molecule has 39 heavy (non-hydrogen) atoms. The Labute approximate surface area is 242 Å². The number of halogens is 2. The van der Waals surface area contributed by atoms with Crippen LogP contribution in [0.25, 0.3) is 0 Å². The van der Waals surface area contributed by atoms with Gasteiger partial charge in [0.2, 0.25) is 0 Å². The topological polar surface area (TPSA) is 99.1 Å². The maximum Gasteiger partial charge on any atom is 0.305 e.